The van der Waals surface area contributed by atoms with Crippen molar-refractivity contribution in [2.75, 3.05) is 0 Å². The van der Waals surface area contributed by atoms with Gasteiger partial charge in [-0.1, -0.05) is 46.1 Å². The van der Waals surface area contributed by atoms with Gasteiger partial charge in [0.25, 0.3) is 0 Å². The van der Waals surface area contributed by atoms with Gasteiger partial charge in [0.2, 0.25) is 0 Å². The summed E-state index contributed by atoms with van der Waals surface area (Å²) < 4.78 is 0. The van der Waals surface area contributed by atoms with E-state index in [0.29, 0.717) is 5.92 Å². The lowest BCUT2D eigenvalue weighted by Crippen LogP contribution is -2.27. The minimum atomic E-state index is -0.186. The van der Waals surface area contributed by atoms with Crippen molar-refractivity contribution < 1.29 is 5.11 Å². The molecular formula is C13H26O. The first-order valence-electron chi connectivity index (χ1n) is 6.01. The smallest absolute Gasteiger partial charge is 0.0630 e. The molecule has 0 aliphatic heterocycles. The summed E-state index contributed by atoms with van der Waals surface area (Å²) in [6.45, 7) is 10.3. The van der Waals surface area contributed by atoms with Gasteiger partial charge < -0.3 is 5.11 Å². The summed E-state index contributed by atoms with van der Waals surface area (Å²) in [6.07, 6.45) is 7.38. The quantitative estimate of drug-likeness (QED) is 0.589. The van der Waals surface area contributed by atoms with E-state index in [-0.39, 0.29) is 12.0 Å². The lowest BCUT2D eigenvalue weighted by Gasteiger charge is -2.26. The number of aliphatic hydroxyl groups excluding tert-OH is 1. The zero-order chi connectivity index (χ0) is 11.0. The molecule has 0 amide bonds. The van der Waals surface area contributed by atoms with E-state index in [2.05, 4.69) is 27.4 Å². The van der Waals surface area contributed by atoms with Crippen LogP contribution in [0.25, 0.3) is 0 Å². The van der Waals surface area contributed by atoms with Crippen LogP contribution in [0.15, 0.2) is 12.7 Å². The molecule has 0 aromatic rings. The maximum absolute atomic E-state index is 10.1. The van der Waals surface area contributed by atoms with Crippen LogP contribution in [-0.2, 0) is 0 Å². The van der Waals surface area contributed by atoms with Gasteiger partial charge in [-0.15, -0.1) is 6.58 Å². The highest BCUT2D eigenvalue weighted by atomic mass is 16.3. The zero-order valence-corrected chi connectivity index (χ0v) is 10.00. The van der Waals surface area contributed by atoms with Crippen LogP contribution < -0.4 is 0 Å². The standard InChI is InChI=1S/C13H26O/c1-5-9-10-12(8-4)13(14)11(6-2)7-3/h6,11-14H,2,5,7-10H2,1,3-4H3/t11-,12?,13-/m0/s1. The minimum Gasteiger partial charge on any atom is -0.392 e. The van der Waals surface area contributed by atoms with Gasteiger partial charge >= 0.3 is 0 Å². The zero-order valence-electron chi connectivity index (χ0n) is 10.00. The van der Waals surface area contributed by atoms with Crippen LogP contribution in [0.3, 0.4) is 0 Å². The Morgan fingerprint density at radius 1 is 1.21 bits per heavy atom. The predicted octanol–water partition coefficient (Wildman–Crippen LogP) is 3.78. The Morgan fingerprint density at radius 2 is 1.86 bits per heavy atom. The Bertz CT molecular complexity index is 142. The molecule has 1 unspecified atom stereocenters. The Morgan fingerprint density at radius 3 is 2.21 bits per heavy atom. The number of aliphatic hydroxyl groups is 1. The molecule has 0 radical (unpaired) electrons. The molecule has 0 aromatic carbocycles. The summed E-state index contributed by atoms with van der Waals surface area (Å²) in [7, 11) is 0. The lowest BCUT2D eigenvalue weighted by molar-refractivity contribution is 0.0598. The Labute approximate surface area is 89.2 Å². The van der Waals surface area contributed by atoms with Crippen LogP contribution in [0.5, 0.6) is 0 Å². The Hall–Kier alpha value is -0.300. The molecule has 0 saturated heterocycles. The molecule has 0 aromatic heterocycles. The van der Waals surface area contributed by atoms with E-state index in [9.17, 15) is 5.11 Å². The van der Waals surface area contributed by atoms with E-state index in [1.54, 1.807) is 0 Å². The number of rotatable bonds is 8. The summed E-state index contributed by atoms with van der Waals surface area (Å²) >= 11 is 0. The molecule has 3 atom stereocenters. The average Bonchev–Trinajstić information content (AvgIpc) is 2.21. The van der Waals surface area contributed by atoms with E-state index >= 15 is 0 Å². The van der Waals surface area contributed by atoms with Crippen molar-refractivity contribution in [2.45, 2.75) is 59.0 Å². The molecule has 1 nitrogen and oxygen atoms in total. The average molecular weight is 198 g/mol. The molecule has 84 valence electrons. The second kappa shape index (κ2) is 8.05. The Kier molecular flexibility index (Phi) is 7.87. The van der Waals surface area contributed by atoms with Gasteiger partial charge in [-0.25, -0.2) is 0 Å². The summed E-state index contributed by atoms with van der Waals surface area (Å²) in [6, 6.07) is 0. The fourth-order valence-corrected chi connectivity index (χ4v) is 1.98. The highest BCUT2D eigenvalue weighted by molar-refractivity contribution is 4.86. The molecule has 0 heterocycles. The van der Waals surface area contributed by atoms with Crippen molar-refractivity contribution in [3.63, 3.8) is 0 Å². The highest BCUT2D eigenvalue weighted by Crippen LogP contribution is 2.24. The third-order valence-corrected chi connectivity index (χ3v) is 3.15. The molecule has 0 spiro atoms. The second-order valence-corrected chi connectivity index (χ2v) is 4.11. The van der Waals surface area contributed by atoms with Crippen molar-refractivity contribution in [1.29, 1.82) is 0 Å². The second-order valence-electron chi connectivity index (χ2n) is 4.11. The van der Waals surface area contributed by atoms with Crippen LogP contribution in [0.1, 0.15) is 52.9 Å². The highest BCUT2D eigenvalue weighted by Gasteiger charge is 2.22. The van der Waals surface area contributed by atoms with Crippen LogP contribution >= 0.6 is 0 Å². The monoisotopic (exact) mass is 198 g/mol. The molecule has 0 saturated carbocycles. The SMILES string of the molecule is C=C[C@@H](CC)[C@H](O)C(CC)CCCC. The van der Waals surface area contributed by atoms with Gasteiger partial charge in [-0.2, -0.15) is 0 Å². The first kappa shape index (κ1) is 13.7. The molecule has 0 bridgehead atoms. The molecule has 14 heavy (non-hydrogen) atoms. The van der Waals surface area contributed by atoms with E-state index in [0.717, 1.165) is 19.3 Å². The summed E-state index contributed by atoms with van der Waals surface area (Å²) in [5, 5.41) is 10.1. The molecule has 1 heteroatoms. The maximum atomic E-state index is 10.1. The van der Waals surface area contributed by atoms with Gasteiger partial charge in [-0.05, 0) is 18.8 Å². The van der Waals surface area contributed by atoms with Crippen molar-refractivity contribution in [3.8, 4) is 0 Å². The molecular weight excluding hydrogens is 172 g/mol. The number of hydrogen-bond acceptors (Lipinski definition) is 1. The van der Waals surface area contributed by atoms with Crippen molar-refractivity contribution in [3.05, 3.63) is 12.7 Å². The fraction of sp³-hybridized carbons (Fsp3) is 0.846. The first-order valence-corrected chi connectivity index (χ1v) is 6.01. The molecule has 0 aliphatic rings. The normalized spacial score (nSPS) is 17.4. The van der Waals surface area contributed by atoms with Gasteiger partial charge in [-0.3, -0.25) is 0 Å². The predicted molar refractivity (Wildman–Crippen MR) is 63.3 cm³/mol. The molecule has 0 rings (SSSR count). The fourth-order valence-electron chi connectivity index (χ4n) is 1.98. The van der Waals surface area contributed by atoms with Gasteiger partial charge in [0.05, 0.1) is 6.10 Å². The van der Waals surface area contributed by atoms with Crippen LogP contribution in [0, 0.1) is 11.8 Å². The van der Waals surface area contributed by atoms with Crippen molar-refractivity contribution in [2.24, 2.45) is 11.8 Å². The Balaban J connectivity index is 4.12. The van der Waals surface area contributed by atoms with Crippen molar-refractivity contribution >= 4 is 0 Å². The van der Waals surface area contributed by atoms with Gasteiger partial charge in [0.1, 0.15) is 0 Å². The van der Waals surface area contributed by atoms with Gasteiger partial charge in [0, 0.05) is 5.92 Å². The maximum Gasteiger partial charge on any atom is 0.0630 e. The van der Waals surface area contributed by atoms with E-state index in [4.69, 9.17) is 0 Å². The molecule has 0 aliphatic carbocycles. The topological polar surface area (TPSA) is 20.2 Å². The van der Waals surface area contributed by atoms with Gasteiger partial charge in [0.15, 0.2) is 0 Å². The van der Waals surface area contributed by atoms with E-state index in [1.807, 2.05) is 6.08 Å². The summed E-state index contributed by atoms with van der Waals surface area (Å²) in [4.78, 5) is 0. The van der Waals surface area contributed by atoms with E-state index in [1.165, 1.54) is 12.8 Å². The van der Waals surface area contributed by atoms with E-state index < -0.39 is 0 Å². The third kappa shape index (κ3) is 4.28. The summed E-state index contributed by atoms with van der Waals surface area (Å²) in [5.74, 6) is 0.731. The number of unbranched alkanes of at least 4 members (excludes halogenated alkanes) is 1. The van der Waals surface area contributed by atoms with Crippen molar-refractivity contribution in [1.82, 2.24) is 0 Å². The van der Waals surface area contributed by atoms with Crippen LogP contribution in [-0.4, -0.2) is 11.2 Å². The first-order chi connectivity index (χ1) is 6.71. The minimum absolute atomic E-state index is 0.186. The summed E-state index contributed by atoms with van der Waals surface area (Å²) in [5.41, 5.74) is 0. The largest absolute Gasteiger partial charge is 0.392 e. The number of hydrogen-bond donors (Lipinski definition) is 1. The van der Waals surface area contributed by atoms with Crippen LogP contribution in [0.4, 0.5) is 0 Å². The van der Waals surface area contributed by atoms with Crippen LogP contribution in [0.2, 0.25) is 0 Å². The molecule has 0 fully saturated rings. The lowest BCUT2D eigenvalue weighted by atomic mass is 9.84. The molecule has 1 N–H and O–H groups in total. The third-order valence-electron chi connectivity index (χ3n) is 3.15.